The molecule has 0 saturated carbocycles. The number of aryl methyl sites for hydroxylation is 2. The van der Waals surface area contributed by atoms with Gasteiger partial charge >= 0.3 is 5.97 Å². The van der Waals surface area contributed by atoms with Crippen molar-refractivity contribution in [1.29, 1.82) is 0 Å². The highest BCUT2D eigenvalue weighted by Gasteiger charge is 2.23. The van der Waals surface area contributed by atoms with E-state index >= 15 is 0 Å². The lowest BCUT2D eigenvalue weighted by molar-refractivity contribution is -0.134. The number of amides is 1. The zero-order valence-electron chi connectivity index (χ0n) is 14.3. The van der Waals surface area contributed by atoms with Crippen LogP contribution in [0.4, 0.5) is 0 Å². The molecule has 6 heteroatoms. The first-order chi connectivity index (χ1) is 12.1. The molecule has 0 aliphatic carbocycles. The van der Waals surface area contributed by atoms with E-state index in [1.165, 1.54) is 16.3 Å². The number of hydrogen-bond donors (Lipinski definition) is 0. The van der Waals surface area contributed by atoms with Crippen LogP contribution in [0.25, 0.3) is 0 Å². The standard InChI is InChI=1S/C19H20N2O3S/c1-3-14-11-17(25-13(14)2)19(23)24-12-18(22)21-10-9-16(20-21)15-7-5-4-6-8-15/h4-8,11H,3,9-10,12H2,1-2H3. The summed E-state index contributed by atoms with van der Waals surface area (Å²) < 4.78 is 5.17. The zero-order valence-corrected chi connectivity index (χ0v) is 15.1. The van der Waals surface area contributed by atoms with E-state index in [1.807, 2.05) is 50.2 Å². The topological polar surface area (TPSA) is 59.0 Å². The quantitative estimate of drug-likeness (QED) is 0.772. The molecule has 0 bridgehead atoms. The lowest BCUT2D eigenvalue weighted by Gasteiger charge is -2.11. The fourth-order valence-corrected chi connectivity index (χ4v) is 3.72. The molecule has 0 spiro atoms. The summed E-state index contributed by atoms with van der Waals surface area (Å²) in [5.74, 6) is -0.754. The van der Waals surface area contributed by atoms with Crippen LogP contribution in [0.15, 0.2) is 41.5 Å². The molecule has 130 valence electrons. The molecule has 1 aliphatic rings. The van der Waals surface area contributed by atoms with Crippen molar-refractivity contribution in [3.8, 4) is 0 Å². The summed E-state index contributed by atoms with van der Waals surface area (Å²) >= 11 is 1.40. The number of hydrazone groups is 1. The van der Waals surface area contributed by atoms with Crippen LogP contribution in [0.5, 0.6) is 0 Å². The number of rotatable bonds is 5. The predicted molar refractivity (Wildman–Crippen MR) is 98.0 cm³/mol. The molecule has 2 heterocycles. The first-order valence-electron chi connectivity index (χ1n) is 8.28. The molecule has 0 radical (unpaired) electrons. The van der Waals surface area contributed by atoms with Gasteiger partial charge in [-0.2, -0.15) is 5.10 Å². The maximum absolute atomic E-state index is 12.2. The Kier molecular flexibility index (Phi) is 5.28. The Morgan fingerprint density at radius 1 is 1.28 bits per heavy atom. The van der Waals surface area contributed by atoms with Crippen LogP contribution in [0.2, 0.25) is 0 Å². The zero-order chi connectivity index (χ0) is 17.8. The van der Waals surface area contributed by atoms with Gasteiger partial charge in [0.1, 0.15) is 4.88 Å². The van der Waals surface area contributed by atoms with Gasteiger partial charge in [0, 0.05) is 11.3 Å². The Morgan fingerprint density at radius 2 is 2.04 bits per heavy atom. The minimum absolute atomic E-state index is 0.289. The number of benzene rings is 1. The smallest absolute Gasteiger partial charge is 0.348 e. The van der Waals surface area contributed by atoms with Crippen molar-refractivity contribution in [2.24, 2.45) is 5.10 Å². The molecule has 0 unspecified atom stereocenters. The predicted octanol–water partition coefficient (Wildman–Crippen LogP) is 3.41. The van der Waals surface area contributed by atoms with Gasteiger partial charge in [0.05, 0.1) is 12.3 Å². The largest absolute Gasteiger partial charge is 0.451 e. The monoisotopic (exact) mass is 356 g/mol. The third-order valence-electron chi connectivity index (χ3n) is 4.13. The Hall–Kier alpha value is -2.47. The molecule has 1 aromatic carbocycles. The molecule has 25 heavy (non-hydrogen) atoms. The molecule has 0 atom stereocenters. The fraction of sp³-hybridized carbons (Fsp3) is 0.316. The third-order valence-corrected chi connectivity index (χ3v) is 5.20. The van der Waals surface area contributed by atoms with Crippen molar-refractivity contribution in [2.75, 3.05) is 13.2 Å². The van der Waals surface area contributed by atoms with Crippen molar-refractivity contribution >= 4 is 28.9 Å². The van der Waals surface area contributed by atoms with E-state index in [9.17, 15) is 9.59 Å². The molecular formula is C19H20N2O3S. The van der Waals surface area contributed by atoms with Crippen LogP contribution in [0.1, 0.15) is 39.0 Å². The second-order valence-electron chi connectivity index (χ2n) is 5.80. The van der Waals surface area contributed by atoms with Gasteiger partial charge in [-0.15, -0.1) is 11.3 Å². The summed E-state index contributed by atoms with van der Waals surface area (Å²) in [7, 11) is 0. The summed E-state index contributed by atoms with van der Waals surface area (Å²) in [6.45, 7) is 4.25. The van der Waals surface area contributed by atoms with Crippen LogP contribution >= 0.6 is 11.3 Å². The van der Waals surface area contributed by atoms with Crippen LogP contribution in [-0.4, -0.2) is 35.7 Å². The molecule has 5 nitrogen and oxygen atoms in total. The van der Waals surface area contributed by atoms with Crippen molar-refractivity contribution in [1.82, 2.24) is 5.01 Å². The maximum atomic E-state index is 12.2. The van der Waals surface area contributed by atoms with Crippen molar-refractivity contribution in [3.05, 3.63) is 57.3 Å². The van der Waals surface area contributed by atoms with E-state index in [0.717, 1.165) is 28.1 Å². The Bertz CT molecular complexity index is 811. The van der Waals surface area contributed by atoms with E-state index in [1.54, 1.807) is 0 Å². The van der Waals surface area contributed by atoms with Gasteiger partial charge < -0.3 is 4.74 Å². The number of carbonyl (C=O) groups is 2. The number of carbonyl (C=O) groups excluding carboxylic acids is 2. The minimum atomic E-state index is -0.451. The van der Waals surface area contributed by atoms with E-state index in [-0.39, 0.29) is 12.5 Å². The number of esters is 1. The van der Waals surface area contributed by atoms with Gasteiger partial charge in [0.2, 0.25) is 0 Å². The van der Waals surface area contributed by atoms with Gasteiger partial charge in [-0.05, 0) is 30.5 Å². The highest BCUT2D eigenvalue weighted by Crippen LogP contribution is 2.23. The Balaban J connectivity index is 1.57. The maximum Gasteiger partial charge on any atom is 0.348 e. The summed E-state index contributed by atoms with van der Waals surface area (Å²) in [5, 5.41) is 5.73. The number of hydrogen-bond acceptors (Lipinski definition) is 5. The van der Waals surface area contributed by atoms with Gasteiger partial charge in [0.15, 0.2) is 6.61 Å². The van der Waals surface area contributed by atoms with Gasteiger partial charge in [-0.25, -0.2) is 9.80 Å². The van der Waals surface area contributed by atoms with Gasteiger partial charge in [-0.1, -0.05) is 37.3 Å². The highest BCUT2D eigenvalue weighted by atomic mass is 32.1. The first-order valence-corrected chi connectivity index (χ1v) is 9.10. The second kappa shape index (κ2) is 7.61. The SMILES string of the molecule is CCc1cc(C(=O)OCC(=O)N2CCC(c3ccccc3)=N2)sc1C. The van der Waals surface area contributed by atoms with Crippen molar-refractivity contribution < 1.29 is 14.3 Å². The lowest BCUT2D eigenvalue weighted by Crippen LogP contribution is -2.28. The van der Waals surface area contributed by atoms with E-state index in [2.05, 4.69) is 5.10 Å². The van der Waals surface area contributed by atoms with Crippen molar-refractivity contribution in [3.63, 3.8) is 0 Å². The fourth-order valence-electron chi connectivity index (χ4n) is 2.71. The van der Waals surface area contributed by atoms with Crippen LogP contribution in [0, 0.1) is 6.92 Å². The molecule has 0 N–H and O–H groups in total. The lowest BCUT2D eigenvalue weighted by atomic mass is 10.1. The Labute approximate surface area is 150 Å². The Morgan fingerprint density at radius 3 is 2.72 bits per heavy atom. The van der Waals surface area contributed by atoms with Gasteiger partial charge in [0.25, 0.3) is 5.91 Å². The molecule has 1 aliphatic heterocycles. The van der Waals surface area contributed by atoms with E-state index in [4.69, 9.17) is 4.74 Å². The molecule has 0 fully saturated rings. The minimum Gasteiger partial charge on any atom is -0.451 e. The van der Waals surface area contributed by atoms with E-state index < -0.39 is 5.97 Å². The molecule has 1 aromatic heterocycles. The van der Waals surface area contributed by atoms with Crippen LogP contribution in [0.3, 0.4) is 0 Å². The number of thiophene rings is 1. The highest BCUT2D eigenvalue weighted by molar-refractivity contribution is 7.14. The van der Waals surface area contributed by atoms with Crippen LogP contribution in [-0.2, 0) is 16.0 Å². The summed E-state index contributed by atoms with van der Waals surface area (Å²) in [5.41, 5.74) is 3.03. The summed E-state index contributed by atoms with van der Waals surface area (Å²) in [4.78, 5) is 26.0. The molecule has 3 rings (SSSR count). The molecule has 2 aromatic rings. The van der Waals surface area contributed by atoms with Gasteiger partial charge in [-0.3, -0.25) is 4.79 Å². The average Bonchev–Trinajstić information content (AvgIpc) is 3.27. The first kappa shape index (κ1) is 17.4. The average molecular weight is 356 g/mol. The molecule has 1 amide bonds. The molecular weight excluding hydrogens is 336 g/mol. The summed E-state index contributed by atoms with van der Waals surface area (Å²) in [6, 6.07) is 11.6. The normalized spacial score (nSPS) is 13.7. The number of ether oxygens (including phenoxy) is 1. The second-order valence-corrected chi connectivity index (χ2v) is 7.06. The summed E-state index contributed by atoms with van der Waals surface area (Å²) in [6.07, 6.45) is 1.58. The van der Waals surface area contributed by atoms with E-state index in [0.29, 0.717) is 17.8 Å². The van der Waals surface area contributed by atoms with Crippen molar-refractivity contribution in [2.45, 2.75) is 26.7 Å². The van der Waals surface area contributed by atoms with Crippen LogP contribution < -0.4 is 0 Å². The molecule has 0 saturated heterocycles. The third kappa shape index (κ3) is 3.96. The number of nitrogens with zero attached hydrogens (tertiary/aromatic N) is 2.